The topological polar surface area (TPSA) is 101 Å². The van der Waals surface area contributed by atoms with Crippen molar-refractivity contribution < 1.29 is 24.3 Å². The normalized spacial score (nSPS) is 13.2. The van der Waals surface area contributed by atoms with E-state index in [4.69, 9.17) is 5.11 Å². The third-order valence-corrected chi connectivity index (χ3v) is 3.83. The fourth-order valence-electron chi connectivity index (χ4n) is 2.32. The second-order valence-electron chi connectivity index (χ2n) is 6.11. The van der Waals surface area contributed by atoms with Gasteiger partial charge in [-0.2, -0.15) is 0 Å². The third kappa shape index (κ3) is 5.95. The van der Waals surface area contributed by atoms with Gasteiger partial charge in [0.1, 0.15) is 0 Å². The highest BCUT2D eigenvalue weighted by Gasteiger charge is 2.29. The van der Waals surface area contributed by atoms with Crippen molar-refractivity contribution in [3.05, 3.63) is 35.9 Å². The molecule has 0 aromatic heterocycles. The monoisotopic (exact) mass is 333 g/mol. The highest BCUT2D eigenvalue weighted by molar-refractivity contribution is 5.99. The highest BCUT2D eigenvalue weighted by atomic mass is 16.4. The van der Waals surface area contributed by atoms with Crippen LogP contribution in [0.25, 0.3) is 0 Å². The largest absolute Gasteiger partial charge is 0.481 e. The van der Waals surface area contributed by atoms with Crippen molar-refractivity contribution in [1.82, 2.24) is 5.32 Å². The maximum Gasteiger partial charge on any atom is 0.305 e. The van der Waals surface area contributed by atoms with Gasteiger partial charge in [0.25, 0.3) is 0 Å². The first-order valence-corrected chi connectivity index (χ1v) is 7.83. The van der Waals surface area contributed by atoms with Gasteiger partial charge in [0.15, 0.2) is 11.6 Å². The summed E-state index contributed by atoms with van der Waals surface area (Å²) in [5.74, 6) is -3.00. The Morgan fingerprint density at radius 1 is 1.04 bits per heavy atom. The SMILES string of the molecule is CC(=O)C(CC(=O)O)NC(=O)C(CC(=O)c1ccccc1)C(C)C. The Balaban J connectivity index is 2.83. The van der Waals surface area contributed by atoms with Crippen molar-refractivity contribution in [1.29, 1.82) is 0 Å². The molecule has 24 heavy (non-hydrogen) atoms. The number of hydrogen-bond acceptors (Lipinski definition) is 4. The number of benzene rings is 1. The van der Waals surface area contributed by atoms with Crippen LogP contribution in [0.4, 0.5) is 0 Å². The van der Waals surface area contributed by atoms with Crippen LogP contribution in [-0.2, 0) is 14.4 Å². The number of Topliss-reactive ketones (excluding diaryl/α,β-unsaturated/α-hetero) is 2. The molecule has 1 rings (SSSR count). The number of carboxylic acids is 1. The first-order valence-electron chi connectivity index (χ1n) is 7.83. The van der Waals surface area contributed by atoms with E-state index in [1.807, 2.05) is 13.8 Å². The summed E-state index contributed by atoms with van der Waals surface area (Å²) < 4.78 is 0. The van der Waals surface area contributed by atoms with Crippen LogP contribution in [0, 0.1) is 11.8 Å². The molecule has 2 atom stereocenters. The van der Waals surface area contributed by atoms with Gasteiger partial charge in [-0.1, -0.05) is 44.2 Å². The molecule has 0 fully saturated rings. The minimum atomic E-state index is -1.17. The van der Waals surface area contributed by atoms with Crippen LogP contribution in [0.2, 0.25) is 0 Å². The maximum absolute atomic E-state index is 12.4. The predicted molar refractivity (Wildman–Crippen MR) is 88.6 cm³/mol. The first-order chi connectivity index (χ1) is 11.2. The molecule has 0 spiro atoms. The van der Waals surface area contributed by atoms with Crippen LogP contribution in [0.1, 0.15) is 44.0 Å². The molecule has 0 bridgehead atoms. The Kier molecular flexibility index (Phi) is 7.30. The van der Waals surface area contributed by atoms with Gasteiger partial charge < -0.3 is 10.4 Å². The van der Waals surface area contributed by atoms with Crippen molar-refractivity contribution in [2.45, 2.75) is 39.7 Å². The van der Waals surface area contributed by atoms with Crippen molar-refractivity contribution in [2.24, 2.45) is 11.8 Å². The molecular formula is C18H23NO5. The number of aliphatic carboxylic acids is 1. The summed E-state index contributed by atoms with van der Waals surface area (Å²) in [5, 5.41) is 11.3. The number of carbonyl (C=O) groups is 4. The molecule has 0 saturated heterocycles. The lowest BCUT2D eigenvalue weighted by atomic mass is 9.87. The average molecular weight is 333 g/mol. The van der Waals surface area contributed by atoms with Gasteiger partial charge in [-0.05, 0) is 12.8 Å². The number of hydrogen-bond donors (Lipinski definition) is 2. The third-order valence-electron chi connectivity index (χ3n) is 3.83. The van der Waals surface area contributed by atoms with Gasteiger partial charge in [-0.3, -0.25) is 19.2 Å². The number of carbonyl (C=O) groups excluding carboxylic acids is 3. The van der Waals surface area contributed by atoms with E-state index in [2.05, 4.69) is 5.32 Å². The van der Waals surface area contributed by atoms with E-state index in [1.54, 1.807) is 30.3 Å². The lowest BCUT2D eigenvalue weighted by Gasteiger charge is -2.22. The fraction of sp³-hybridized carbons (Fsp3) is 0.444. The minimum Gasteiger partial charge on any atom is -0.481 e. The molecule has 0 aliphatic rings. The van der Waals surface area contributed by atoms with E-state index in [0.717, 1.165) is 0 Å². The number of carboxylic acid groups (broad SMARTS) is 1. The average Bonchev–Trinajstić information content (AvgIpc) is 2.51. The fourth-order valence-corrected chi connectivity index (χ4v) is 2.32. The van der Waals surface area contributed by atoms with E-state index in [0.29, 0.717) is 5.56 Å². The summed E-state index contributed by atoms with van der Waals surface area (Å²) >= 11 is 0. The quantitative estimate of drug-likeness (QED) is 0.674. The smallest absolute Gasteiger partial charge is 0.305 e. The number of amides is 1. The van der Waals surface area contributed by atoms with Gasteiger partial charge in [-0.25, -0.2) is 0 Å². The molecule has 0 radical (unpaired) electrons. The highest BCUT2D eigenvalue weighted by Crippen LogP contribution is 2.19. The summed E-state index contributed by atoms with van der Waals surface area (Å²) in [4.78, 5) is 47.1. The molecular weight excluding hydrogens is 310 g/mol. The lowest BCUT2D eigenvalue weighted by Crippen LogP contribution is -2.45. The summed E-state index contributed by atoms with van der Waals surface area (Å²) in [7, 11) is 0. The lowest BCUT2D eigenvalue weighted by molar-refractivity contribution is -0.140. The second kappa shape index (κ2) is 8.96. The van der Waals surface area contributed by atoms with Crippen molar-refractivity contribution >= 4 is 23.4 Å². The Morgan fingerprint density at radius 2 is 1.62 bits per heavy atom. The standard InChI is InChI=1S/C18H23NO5/c1-11(2)14(9-16(21)13-7-5-4-6-8-13)18(24)19-15(12(3)20)10-17(22)23/h4-8,11,14-15H,9-10H2,1-3H3,(H,19,24)(H,22,23). The Labute approximate surface area is 141 Å². The van der Waals surface area contributed by atoms with Gasteiger partial charge in [-0.15, -0.1) is 0 Å². The van der Waals surface area contributed by atoms with E-state index in [-0.39, 0.29) is 18.1 Å². The van der Waals surface area contributed by atoms with Crippen LogP contribution in [-0.4, -0.2) is 34.6 Å². The van der Waals surface area contributed by atoms with Crippen molar-refractivity contribution in [3.8, 4) is 0 Å². The zero-order chi connectivity index (χ0) is 18.3. The molecule has 6 heteroatoms. The molecule has 0 aliphatic carbocycles. The van der Waals surface area contributed by atoms with Crippen molar-refractivity contribution in [3.63, 3.8) is 0 Å². The molecule has 6 nitrogen and oxygen atoms in total. The maximum atomic E-state index is 12.4. The molecule has 130 valence electrons. The van der Waals surface area contributed by atoms with Crippen LogP contribution >= 0.6 is 0 Å². The summed E-state index contributed by atoms with van der Waals surface area (Å²) in [6.45, 7) is 4.85. The zero-order valence-corrected chi connectivity index (χ0v) is 14.1. The number of ketones is 2. The van der Waals surface area contributed by atoms with E-state index < -0.39 is 36.0 Å². The number of nitrogens with one attached hydrogen (secondary N) is 1. The first kappa shape index (κ1) is 19.5. The molecule has 0 saturated carbocycles. The summed E-state index contributed by atoms with van der Waals surface area (Å²) in [6, 6.07) is 7.57. The van der Waals surface area contributed by atoms with Crippen LogP contribution < -0.4 is 5.32 Å². The van der Waals surface area contributed by atoms with Crippen molar-refractivity contribution in [2.75, 3.05) is 0 Å². The summed E-state index contributed by atoms with van der Waals surface area (Å²) in [5.41, 5.74) is 0.518. The van der Waals surface area contributed by atoms with E-state index in [9.17, 15) is 19.2 Å². The molecule has 1 aromatic carbocycles. The Hall–Kier alpha value is -2.50. The van der Waals surface area contributed by atoms with E-state index in [1.165, 1.54) is 6.92 Å². The zero-order valence-electron chi connectivity index (χ0n) is 14.1. The Bertz CT molecular complexity index is 609. The van der Waals surface area contributed by atoms with Crippen LogP contribution in [0.3, 0.4) is 0 Å². The molecule has 2 unspecified atom stereocenters. The second-order valence-corrected chi connectivity index (χ2v) is 6.11. The molecule has 0 aliphatic heterocycles. The molecule has 0 heterocycles. The predicted octanol–water partition coefficient (Wildman–Crippen LogP) is 2.08. The van der Waals surface area contributed by atoms with Gasteiger partial charge in [0.05, 0.1) is 12.5 Å². The van der Waals surface area contributed by atoms with Crippen LogP contribution in [0.15, 0.2) is 30.3 Å². The van der Waals surface area contributed by atoms with E-state index >= 15 is 0 Å². The Morgan fingerprint density at radius 3 is 2.08 bits per heavy atom. The van der Waals surface area contributed by atoms with Crippen LogP contribution in [0.5, 0.6) is 0 Å². The minimum absolute atomic E-state index is 0.00517. The number of rotatable bonds is 9. The molecule has 2 N–H and O–H groups in total. The van der Waals surface area contributed by atoms with Gasteiger partial charge in [0.2, 0.25) is 5.91 Å². The summed E-state index contributed by atoms with van der Waals surface area (Å²) in [6.07, 6.45) is -0.469. The molecule has 1 amide bonds. The molecule has 1 aromatic rings. The van der Waals surface area contributed by atoms with Gasteiger partial charge >= 0.3 is 5.97 Å². The van der Waals surface area contributed by atoms with Gasteiger partial charge in [0, 0.05) is 17.9 Å².